The summed E-state index contributed by atoms with van der Waals surface area (Å²) < 4.78 is 17.7. The van der Waals surface area contributed by atoms with Gasteiger partial charge in [-0.15, -0.1) is 11.3 Å². The molecule has 0 aromatic carbocycles. The van der Waals surface area contributed by atoms with Gasteiger partial charge in [-0.1, -0.05) is 55.4 Å². The van der Waals surface area contributed by atoms with E-state index >= 15 is 0 Å². The number of hydrogen-bond donors (Lipinski definition) is 0. The molecule has 224 valence electrons. The predicted molar refractivity (Wildman–Crippen MR) is 176 cm³/mol. The van der Waals surface area contributed by atoms with Crippen molar-refractivity contribution in [2.24, 2.45) is 0 Å². The van der Waals surface area contributed by atoms with Crippen LogP contribution in [0.25, 0.3) is 27.1 Å². The molecule has 10 heteroatoms. The normalized spacial score (nSPS) is 13.2. The molecule has 0 radical (unpaired) electrons. The van der Waals surface area contributed by atoms with Crippen molar-refractivity contribution >= 4 is 57.5 Å². The van der Waals surface area contributed by atoms with E-state index < -0.39 is 20.0 Å². The van der Waals surface area contributed by atoms with Crippen LogP contribution in [0.1, 0.15) is 98.8 Å². The van der Waals surface area contributed by atoms with Crippen LogP contribution in [-0.2, 0) is 15.8 Å². The molecule has 7 nitrogen and oxygen atoms in total. The number of hydrogen-bond acceptors (Lipinski definition) is 6. The van der Waals surface area contributed by atoms with E-state index in [2.05, 4.69) is 87.5 Å². The first kappa shape index (κ1) is 31.9. The highest BCUT2D eigenvalue weighted by Gasteiger charge is 2.45. The van der Waals surface area contributed by atoms with E-state index in [-0.39, 0.29) is 5.92 Å². The van der Waals surface area contributed by atoms with Crippen molar-refractivity contribution in [2.75, 3.05) is 0 Å². The van der Waals surface area contributed by atoms with Crippen molar-refractivity contribution in [1.29, 1.82) is 0 Å². The van der Waals surface area contributed by atoms with Gasteiger partial charge in [0, 0.05) is 22.7 Å². The van der Waals surface area contributed by atoms with Crippen LogP contribution in [0.2, 0.25) is 16.6 Å². The van der Waals surface area contributed by atoms with Crippen molar-refractivity contribution in [1.82, 2.24) is 19.2 Å². The molecule has 4 aromatic rings. The van der Waals surface area contributed by atoms with Crippen molar-refractivity contribution < 1.29 is 14.0 Å². The summed E-state index contributed by atoms with van der Waals surface area (Å²) in [6, 6.07) is 2.09. The fourth-order valence-corrected chi connectivity index (χ4v) is 13.8. The van der Waals surface area contributed by atoms with Gasteiger partial charge in [-0.05, 0) is 83.4 Å². The highest BCUT2D eigenvalue weighted by Crippen LogP contribution is 2.49. The molecule has 0 saturated carbocycles. The molecule has 0 spiro atoms. The maximum Gasteiger partial charge on any atom is 0.420 e. The minimum atomic E-state index is -2.13. The SMILES string of the molecule is Cc1cc(-c2c(C(C)C)c3c(CO[Si](C(C)C)(C(C)C)C(C)C)c(Br)sc3n2C(=O)OC(C)(C)C)cn2ncnc12. The zero-order valence-electron chi connectivity index (χ0n) is 26.5. The molecule has 4 aromatic heterocycles. The molecule has 0 aliphatic rings. The molecular weight excluding hydrogens is 616 g/mol. The molecular formula is C31H45BrN4O3SSi. The van der Waals surface area contributed by atoms with Gasteiger partial charge in [-0.2, -0.15) is 5.10 Å². The van der Waals surface area contributed by atoms with Gasteiger partial charge in [0.05, 0.1) is 16.1 Å². The fourth-order valence-electron chi connectivity index (χ4n) is 6.58. The van der Waals surface area contributed by atoms with Crippen LogP contribution < -0.4 is 0 Å². The molecule has 0 saturated heterocycles. The van der Waals surface area contributed by atoms with Crippen LogP contribution in [0.3, 0.4) is 0 Å². The number of thiophene rings is 1. The Kier molecular flexibility index (Phi) is 9.01. The van der Waals surface area contributed by atoms with E-state index in [0.29, 0.717) is 23.2 Å². The Balaban J connectivity index is 2.03. The van der Waals surface area contributed by atoms with Gasteiger partial charge in [0.2, 0.25) is 8.32 Å². The number of aryl methyl sites for hydroxylation is 1. The van der Waals surface area contributed by atoms with E-state index in [9.17, 15) is 4.79 Å². The third-order valence-corrected chi connectivity index (χ3v) is 16.1. The average molecular weight is 662 g/mol. The van der Waals surface area contributed by atoms with Gasteiger partial charge >= 0.3 is 6.09 Å². The standard InChI is InChI=1S/C31H45BrN4O3SSi/c1-17(2)24-25-23(15-38-41(18(3)4,19(5)6)20(7)8)27(32)40-29(25)36(30(37)39-31(10,11)12)26(24)22-13-21(9)28-33-16-34-35(28)14-22/h13-14,16-20H,15H2,1-12H3. The average Bonchev–Trinajstić information content (AvgIpc) is 3.50. The number of carbonyl (C=O) groups is 1. The minimum absolute atomic E-state index is 0.130. The maximum absolute atomic E-state index is 14.0. The lowest BCUT2D eigenvalue weighted by atomic mass is 9.95. The first-order valence-corrected chi connectivity index (χ1v) is 18.3. The van der Waals surface area contributed by atoms with E-state index in [1.165, 1.54) is 0 Å². The highest BCUT2D eigenvalue weighted by atomic mass is 79.9. The number of ether oxygens (including phenoxy) is 1. The number of halogens is 1. The molecule has 4 heterocycles. The number of nitrogens with zero attached hydrogens (tertiary/aromatic N) is 4. The second-order valence-electron chi connectivity index (χ2n) is 13.3. The monoisotopic (exact) mass is 660 g/mol. The molecule has 0 N–H and O–H groups in total. The van der Waals surface area contributed by atoms with E-state index in [4.69, 9.17) is 9.16 Å². The molecule has 0 amide bonds. The Bertz CT molecular complexity index is 1550. The Morgan fingerprint density at radius 2 is 1.68 bits per heavy atom. The first-order chi connectivity index (χ1) is 19.0. The van der Waals surface area contributed by atoms with E-state index in [1.54, 1.807) is 26.7 Å². The smallest absolute Gasteiger partial charge is 0.420 e. The van der Waals surface area contributed by atoms with Crippen LogP contribution >= 0.6 is 27.3 Å². The lowest BCUT2D eigenvalue weighted by molar-refractivity contribution is 0.0547. The Morgan fingerprint density at radius 3 is 2.22 bits per heavy atom. The summed E-state index contributed by atoms with van der Waals surface area (Å²) in [5.74, 6) is 0.130. The lowest BCUT2D eigenvalue weighted by Crippen LogP contribution is -2.47. The van der Waals surface area contributed by atoms with Crippen molar-refractivity contribution in [3.8, 4) is 11.3 Å². The van der Waals surface area contributed by atoms with Gasteiger partial charge in [-0.3, -0.25) is 0 Å². The highest BCUT2D eigenvalue weighted by molar-refractivity contribution is 9.11. The second kappa shape index (κ2) is 11.6. The van der Waals surface area contributed by atoms with Gasteiger partial charge in [0.25, 0.3) is 0 Å². The van der Waals surface area contributed by atoms with Crippen LogP contribution in [0.4, 0.5) is 4.79 Å². The lowest BCUT2D eigenvalue weighted by Gasteiger charge is -2.42. The van der Waals surface area contributed by atoms with Crippen molar-refractivity contribution in [3.63, 3.8) is 0 Å². The number of carbonyl (C=O) groups excluding carboxylic acids is 1. The van der Waals surface area contributed by atoms with Crippen molar-refractivity contribution in [3.05, 3.63) is 39.1 Å². The summed E-state index contributed by atoms with van der Waals surface area (Å²) in [4.78, 5) is 19.2. The molecule has 0 aliphatic carbocycles. The second-order valence-corrected chi connectivity index (χ2v) is 21.1. The van der Waals surface area contributed by atoms with Gasteiger partial charge < -0.3 is 9.16 Å². The minimum Gasteiger partial charge on any atom is -0.443 e. The molecule has 41 heavy (non-hydrogen) atoms. The number of pyridine rings is 1. The molecule has 0 atom stereocenters. The Morgan fingerprint density at radius 1 is 1.07 bits per heavy atom. The van der Waals surface area contributed by atoms with E-state index in [0.717, 1.165) is 47.6 Å². The fraction of sp³-hybridized carbons (Fsp3) is 0.581. The topological polar surface area (TPSA) is 70.7 Å². The molecule has 4 rings (SSSR count). The van der Waals surface area contributed by atoms with Crippen molar-refractivity contribution in [2.45, 2.75) is 118 Å². The Labute approximate surface area is 257 Å². The summed E-state index contributed by atoms with van der Waals surface area (Å²) in [7, 11) is -2.13. The molecule has 0 unspecified atom stereocenters. The van der Waals surface area contributed by atoms with Gasteiger partial charge in [0.1, 0.15) is 16.8 Å². The zero-order chi connectivity index (χ0) is 30.6. The maximum atomic E-state index is 14.0. The summed E-state index contributed by atoms with van der Waals surface area (Å²) in [5, 5.41) is 5.49. The van der Waals surface area contributed by atoms with Crippen LogP contribution in [0, 0.1) is 6.92 Å². The summed E-state index contributed by atoms with van der Waals surface area (Å²) in [5.41, 5.74) is 6.50. The largest absolute Gasteiger partial charge is 0.443 e. The van der Waals surface area contributed by atoms with Crippen LogP contribution in [0.15, 0.2) is 22.4 Å². The third-order valence-electron chi connectivity index (χ3n) is 8.05. The summed E-state index contributed by atoms with van der Waals surface area (Å²) >= 11 is 5.45. The summed E-state index contributed by atoms with van der Waals surface area (Å²) in [6.45, 7) is 26.4. The number of rotatable bonds is 8. The van der Waals surface area contributed by atoms with Crippen LogP contribution in [-0.4, -0.2) is 39.2 Å². The zero-order valence-corrected chi connectivity index (χ0v) is 30.0. The number of aromatic nitrogens is 4. The number of fused-ring (bicyclic) bond motifs is 2. The molecule has 0 fully saturated rings. The van der Waals surface area contributed by atoms with Gasteiger partial charge in [-0.25, -0.2) is 18.9 Å². The molecule has 0 bridgehead atoms. The predicted octanol–water partition coefficient (Wildman–Crippen LogP) is 10.1. The van der Waals surface area contributed by atoms with E-state index in [1.807, 2.05) is 33.9 Å². The summed E-state index contributed by atoms with van der Waals surface area (Å²) in [6.07, 6.45) is 3.12. The Hall–Kier alpha value is -2.01. The van der Waals surface area contributed by atoms with Gasteiger partial charge in [0.15, 0.2) is 5.65 Å². The van der Waals surface area contributed by atoms with Crippen LogP contribution in [0.5, 0.6) is 0 Å². The third kappa shape index (κ3) is 5.69. The first-order valence-electron chi connectivity index (χ1n) is 14.5. The molecule has 0 aliphatic heterocycles. The quantitative estimate of drug-likeness (QED) is 0.176.